The van der Waals surface area contributed by atoms with Crippen LogP contribution >= 0.6 is 15.2 Å². The predicted molar refractivity (Wildman–Crippen MR) is 33.3 cm³/mol. The van der Waals surface area contributed by atoms with Crippen LogP contribution in [0.15, 0.2) is 0 Å². The van der Waals surface area contributed by atoms with Crippen molar-refractivity contribution in [1.29, 1.82) is 0 Å². The van der Waals surface area contributed by atoms with E-state index in [1.165, 1.54) is 0 Å². The van der Waals surface area contributed by atoms with Gasteiger partial charge in [-0.1, -0.05) is 15.2 Å². The second-order valence-electron chi connectivity index (χ2n) is 1.59. The molecule has 0 aliphatic carbocycles. The van der Waals surface area contributed by atoms with E-state index in [0.717, 1.165) is 0 Å². The van der Waals surface area contributed by atoms with Gasteiger partial charge in [0.05, 0.1) is 0 Å². The fraction of sp³-hybridized carbons (Fsp3) is 1.00. The van der Waals surface area contributed by atoms with E-state index in [1.54, 1.807) is 0 Å². The maximum absolute atomic E-state index is 9.35. The quantitative estimate of drug-likeness (QED) is 0.372. The molecule has 0 amide bonds. The van der Waals surface area contributed by atoms with Gasteiger partial charge in [-0.2, -0.15) is 0 Å². The van der Waals surface area contributed by atoms with Gasteiger partial charge in [0.15, 0.2) is 0 Å². The summed E-state index contributed by atoms with van der Waals surface area (Å²) in [6.07, 6.45) is -1.57. The SMILES string of the molecule is NCP(=O)([O-])[O-].NCP(=O)([O-])[O-].[Cu+2].[Cu+2]. The van der Waals surface area contributed by atoms with E-state index in [1.807, 2.05) is 0 Å². The van der Waals surface area contributed by atoms with E-state index in [4.69, 9.17) is 0 Å². The first-order valence-electron chi connectivity index (χ1n) is 2.54. The number of hydrogen-bond donors (Lipinski definition) is 2. The third kappa shape index (κ3) is 37.8. The van der Waals surface area contributed by atoms with Crippen molar-refractivity contribution in [2.24, 2.45) is 11.5 Å². The summed E-state index contributed by atoms with van der Waals surface area (Å²) in [6.45, 7) is 0. The zero-order valence-corrected chi connectivity index (χ0v) is 10.2. The summed E-state index contributed by atoms with van der Waals surface area (Å²) in [5.74, 6) is 0. The average Bonchev–Trinajstić information content (AvgIpc) is 1.86. The standard InChI is InChI=1S/2CH6NO3P.2Cu/c2*2-1-6(3,4)5;;/h2*1-2H2,(H2,3,4,5);;/q;;2*+2/p-4. The first kappa shape index (κ1) is 24.5. The molecule has 12 heteroatoms. The molecule has 0 rings (SSSR count). The molecule has 14 heavy (non-hydrogen) atoms. The van der Waals surface area contributed by atoms with Crippen LogP contribution in [0.3, 0.4) is 0 Å². The maximum atomic E-state index is 9.35. The zero-order chi connectivity index (χ0) is 10.4. The summed E-state index contributed by atoms with van der Waals surface area (Å²) in [5, 5.41) is 0. The Hall–Kier alpha value is 1.26. The van der Waals surface area contributed by atoms with Gasteiger partial charge in [-0.25, -0.2) is 0 Å². The molecule has 94 valence electrons. The van der Waals surface area contributed by atoms with Crippen LogP contribution in [0, 0.1) is 0 Å². The Labute approximate surface area is 102 Å². The summed E-state index contributed by atoms with van der Waals surface area (Å²) >= 11 is 0. The topological polar surface area (TPSA) is 178 Å². The molecular weight excluding hydrogens is 337 g/mol. The largest absolute Gasteiger partial charge is 2.00 e. The van der Waals surface area contributed by atoms with Crippen molar-refractivity contribution in [3.8, 4) is 0 Å². The van der Waals surface area contributed by atoms with Gasteiger partial charge in [0.1, 0.15) is 0 Å². The van der Waals surface area contributed by atoms with Crippen LogP contribution in [-0.2, 0) is 43.3 Å². The molecule has 0 aliphatic rings. The molecule has 0 fully saturated rings. The van der Waals surface area contributed by atoms with Gasteiger partial charge in [-0.3, -0.25) is 0 Å². The van der Waals surface area contributed by atoms with Gasteiger partial charge in [0, 0.05) is 12.6 Å². The molecule has 0 saturated heterocycles. The molecule has 8 nitrogen and oxygen atoms in total. The van der Waals surface area contributed by atoms with Crippen LogP contribution in [0.25, 0.3) is 0 Å². The smallest absolute Gasteiger partial charge is 0.810 e. The molecule has 0 spiro atoms. The Morgan fingerprint density at radius 3 is 0.857 bits per heavy atom. The Balaban J connectivity index is -0.0000000625. The molecule has 2 radical (unpaired) electrons. The van der Waals surface area contributed by atoms with Crippen molar-refractivity contribution in [2.45, 2.75) is 0 Å². The summed E-state index contributed by atoms with van der Waals surface area (Å²) in [4.78, 5) is 37.4. The van der Waals surface area contributed by atoms with Crippen LogP contribution in [-0.4, -0.2) is 12.6 Å². The van der Waals surface area contributed by atoms with Gasteiger partial charge < -0.3 is 40.2 Å². The van der Waals surface area contributed by atoms with E-state index in [9.17, 15) is 28.7 Å². The normalized spacial score (nSPS) is 10.1. The minimum Gasteiger partial charge on any atom is -0.810 e. The first-order chi connectivity index (χ1) is 5.12. The van der Waals surface area contributed by atoms with Crippen molar-refractivity contribution in [3.63, 3.8) is 0 Å². The zero-order valence-electron chi connectivity index (χ0n) is 6.52. The molecule has 0 unspecified atom stereocenters. The van der Waals surface area contributed by atoms with E-state index in [2.05, 4.69) is 11.5 Å². The molecule has 0 bridgehead atoms. The van der Waals surface area contributed by atoms with Gasteiger partial charge in [0.2, 0.25) is 0 Å². The summed E-state index contributed by atoms with van der Waals surface area (Å²) in [6, 6.07) is 0. The third-order valence-electron chi connectivity index (χ3n) is 0.447. The number of rotatable bonds is 2. The molecule has 4 N–H and O–H groups in total. The molecule has 0 aromatic carbocycles. The molecular formula is C2H8Cu2N2O6P2. The van der Waals surface area contributed by atoms with Gasteiger partial charge in [-0.15, -0.1) is 0 Å². The van der Waals surface area contributed by atoms with Crippen LogP contribution in [0.4, 0.5) is 0 Å². The van der Waals surface area contributed by atoms with Crippen LogP contribution < -0.4 is 31.0 Å². The molecule has 0 heterocycles. The van der Waals surface area contributed by atoms with Gasteiger partial charge in [0.25, 0.3) is 0 Å². The van der Waals surface area contributed by atoms with Crippen molar-refractivity contribution in [3.05, 3.63) is 0 Å². The van der Waals surface area contributed by atoms with Crippen molar-refractivity contribution >= 4 is 15.2 Å². The summed E-state index contributed by atoms with van der Waals surface area (Å²) in [5.41, 5.74) is 8.83. The molecule has 0 aliphatic heterocycles. The number of nitrogens with two attached hydrogens (primary N) is 2. The second kappa shape index (κ2) is 10.8. The molecule has 0 saturated carbocycles. The molecule has 0 aromatic heterocycles. The van der Waals surface area contributed by atoms with Gasteiger partial charge >= 0.3 is 34.1 Å². The minimum absolute atomic E-state index is 0. The Morgan fingerprint density at radius 2 is 0.857 bits per heavy atom. The molecule has 0 atom stereocenters. The van der Waals surface area contributed by atoms with E-state index in [-0.39, 0.29) is 34.1 Å². The van der Waals surface area contributed by atoms with Crippen LogP contribution in [0.1, 0.15) is 0 Å². The summed E-state index contributed by atoms with van der Waals surface area (Å²) < 4.78 is 18.7. The first-order valence-corrected chi connectivity index (χ1v) is 6.00. The van der Waals surface area contributed by atoms with Crippen molar-refractivity contribution < 1.29 is 62.8 Å². The third-order valence-corrected chi connectivity index (χ3v) is 1.34. The Bertz CT molecular complexity index is 180. The fourth-order valence-corrected chi connectivity index (χ4v) is 0. The minimum atomic E-state index is -4.37. The van der Waals surface area contributed by atoms with Crippen molar-refractivity contribution in [1.82, 2.24) is 0 Å². The fourth-order valence-electron chi connectivity index (χ4n) is 0. The number of hydrogen-bond acceptors (Lipinski definition) is 8. The van der Waals surface area contributed by atoms with E-state index >= 15 is 0 Å². The van der Waals surface area contributed by atoms with Crippen LogP contribution in [0.2, 0.25) is 0 Å². The monoisotopic (exact) mass is 344 g/mol. The maximum Gasteiger partial charge on any atom is 2.00 e. The summed E-state index contributed by atoms with van der Waals surface area (Å²) in [7, 11) is -8.74. The Kier molecular flexibility index (Phi) is 18.8. The Morgan fingerprint density at radius 1 is 0.786 bits per heavy atom. The van der Waals surface area contributed by atoms with Crippen LogP contribution in [0.5, 0.6) is 0 Å². The van der Waals surface area contributed by atoms with Crippen molar-refractivity contribution in [2.75, 3.05) is 12.6 Å². The second-order valence-corrected chi connectivity index (χ2v) is 4.76. The van der Waals surface area contributed by atoms with E-state index < -0.39 is 27.8 Å². The van der Waals surface area contributed by atoms with E-state index in [0.29, 0.717) is 0 Å². The predicted octanol–water partition coefficient (Wildman–Crippen LogP) is -4.37. The van der Waals surface area contributed by atoms with Gasteiger partial charge in [-0.05, 0) is 0 Å². The molecule has 0 aromatic rings. The average molecular weight is 345 g/mol.